The van der Waals surface area contributed by atoms with Crippen molar-refractivity contribution in [3.63, 3.8) is 0 Å². The number of para-hydroxylation sites is 3. The zero-order chi connectivity index (χ0) is 32.8. The molecular weight excluding hydrogens is 605 g/mol. The van der Waals surface area contributed by atoms with Crippen LogP contribution >= 0.6 is 0 Å². The van der Waals surface area contributed by atoms with Crippen molar-refractivity contribution in [1.82, 2.24) is 9.13 Å². The number of hydrogen-bond acceptors (Lipinski definition) is 0. The minimum atomic E-state index is 1.16. The maximum Gasteiger partial charge on any atom is 0.0547 e. The highest BCUT2D eigenvalue weighted by Gasteiger charge is 2.16. The molecule has 2 heteroatoms. The molecule has 50 heavy (non-hydrogen) atoms. The Hall–Kier alpha value is -6.64. The molecule has 0 radical (unpaired) electrons. The lowest BCUT2D eigenvalue weighted by Gasteiger charge is -2.14. The highest BCUT2D eigenvalue weighted by molar-refractivity contribution is 6.25. The topological polar surface area (TPSA) is 9.86 Å². The van der Waals surface area contributed by atoms with E-state index in [0.29, 0.717) is 0 Å². The van der Waals surface area contributed by atoms with Gasteiger partial charge in [-0.1, -0.05) is 133 Å². The molecule has 11 rings (SSSR count). The Morgan fingerprint density at radius 1 is 0.220 bits per heavy atom. The van der Waals surface area contributed by atoms with E-state index in [1.807, 2.05) is 0 Å². The summed E-state index contributed by atoms with van der Waals surface area (Å²) in [4.78, 5) is 0. The van der Waals surface area contributed by atoms with Gasteiger partial charge < -0.3 is 9.13 Å². The molecule has 0 saturated carbocycles. The minimum absolute atomic E-state index is 1.16. The van der Waals surface area contributed by atoms with Crippen LogP contribution in [0.5, 0.6) is 0 Å². The molecule has 0 aliphatic rings. The number of fused-ring (bicyclic) bond motifs is 12. The van der Waals surface area contributed by atoms with Crippen LogP contribution in [0.3, 0.4) is 0 Å². The molecule has 2 nitrogen and oxygen atoms in total. The van der Waals surface area contributed by atoms with Crippen molar-refractivity contribution >= 4 is 75.9 Å². The molecule has 0 fully saturated rings. The van der Waals surface area contributed by atoms with Gasteiger partial charge in [0.1, 0.15) is 0 Å². The maximum atomic E-state index is 2.45. The largest absolute Gasteiger partial charge is 0.309 e. The summed E-state index contributed by atoms with van der Waals surface area (Å²) in [5.41, 5.74) is 9.61. The highest BCUT2D eigenvalue weighted by atomic mass is 15.0. The first-order chi connectivity index (χ1) is 24.8. The van der Waals surface area contributed by atoms with Gasteiger partial charge in [-0.05, 0) is 92.0 Å². The Morgan fingerprint density at radius 3 is 1.12 bits per heavy atom. The third kappa shape index (κ3) is 3.85. The number of aromatic nitrogens is 2. The van der Waals surface area contributed by atoms with Crippen LogP contribution in [0, 0.1) is 0 Å². The third-order valence-electron chi connectivity index (χ3n) is 10.7. The average Bonchev–Trinajstić information content (AvgIpc) is 3.70. The maximum absolute atomic E-state index is 2.45. The molecule has 0 atom stereocenters. The van der Waals surface area contributed by atoms with Crippen molar-refractivity contribution in [3.8, 4) is 22.5 Å². The van der Waals surface area contributed by atoms with E-state index in [1.54, 1.807) is 0 Å². The van der Waals surface area contributed by atoms with Gasteiger partial charge in [0.15, 0.2) is 0 Å². The standard InChI is InChI=1S/C48H30N2/c1-2-13-37-35(11-1)36-12-3-4-14-38(36)44-30-34(26-28-39(37)44)50-47-20-10-7-17-42(47)43-27-23-32(29-48(43)50)31-21-24-33(25-22-31)49-45-18-8-5-15-40(45)41-16-6-9-19-46(41)49/h1-30H. The van der Waals surface area contributed by atoms with Crippen molar-refractivity contribution in [2.24, 2.45) is 0 Å². The summed E-state index contributed by atoms with van der Waals surface area (Å²) in [5, 5.41) is 12.8. The fourth-order valence-electron chi connectivity index (χ4n) is 8.47. The van der Waals surface area contributed by atoms with Crippen LogP contribution in [0.25, 0.3) is 98.4 Å². The fraction of sp³-hybridized carbons (Fsp3) is 0. The van der Waals surface area contributed by atoms with E-state index in [1.165, 1.54) is 92.7 Å². The molecule has 0 N–H and O–H groups in total. The van der Waals surface area contributed by atoms with Crippen molar-refractivity contribution in [2.75, 3.05) is 0 Å². The van der Waals surface area contributed by atoms with Crippen molar-refractivity contribution in [2.45, 2.75) is 0 Å². The van der Waals surface area contributed by atoms with Gasteiger partial charge in [-0.25, -0.2) is 0 Å². The number of hydrogen-bond donors (Lipinski definition) is 0. The van der Waals surface area contributed by atoms with E-state index in [9.17, 15) is 0 Å². The normalized spacial score (nSPS) is 12.0. The monoisotopic (exact) mass is 634 g/mol. The molecular formula is C48H30N2. The molecule has 11 aromatic rings. The zero-order valence-electron chi connectivity index (χ0n) is 27.2. The smallest absolute Gasteiger partial charge is 0.0547 e. The molecule has 0 bridgehead atoms. The van der Waals surface area contributed by atoms with E-state index in [2.05, 4.69) is 191 Å². The van der Waals surface area contributed by atoms with Crippen LogP contribution in [0.1, 0.15) is 0 Å². The van der Waals surface area contributed by atoms with Crippen molar-refractivity contribution in [3.05, 3.63) is 182 Å². The highest BCUT2D eigenvalue weighted by Crippen LogP contribution is 2.39. The Morgan fingerprint density at radius 2 is 0.580 bits per heavy atom. The molecule has 0 amide bonds. The predicted octanol–water partition coefficient (Wildman–Crippen LogP) is 13.0. The molecule has 0 aliphatic heterocycles. The van der Waals surface area contributed by atoms with Gasteiger partial charge in [-0.15, -0.1) is 0 Å². The lowest BCUT2D eigenvalue weighted by molar-refractivity contribution is 1.18. The molecule has 0 saturated heterocycles. The quantitative estimate of drug-likeness (QED) is 0.171. The first-order valence-electron chi connectivity index (χ1n) is 17.3. The second-order valence-electron chi connectivity index (χ2n) is 13.3. The van der Waals surface area contributed by atoms with Crippen LogP contribution < -0.4 is 0 Å². The molecule has 0 spiro atoms. The molecule has 2 aromatic heterocycles. The van der Waals surface area contributed by atoms with Crippen LogP contribution in [-0.2, 0) is 0 Å². The number of nitrogens with zero attached hydrogens (tertiary/aromatic N) is 2. The second kappa shape index (κ2) is 10.4. The first kappa shape index (κ1) is 27.3. The summed E-state index contributed by atoms with van der Waals surface area (Å²) in [6.45, 7) is 0. The van der Waals surface area contributed by atoms with Crippen LogP contribution in [0.2, 0.25) is 0 Å². The Labute approximate surface area is 288 Å². The number of rotatable bonds is 3. The lowest BCUT2D eigenvalue weighted by Crippen LogP contribution is -1.95. The van der Waals surface area contributed by atoms with Gasteiger partial charge in [-0.2, -0.15) is 0 Å². The minimum Gasteiger partial charge on any atom is -0.309 e. The Balaban J connectivity index is 1.10. The van der Waals surface area contributed by atoms with Crippen molar-refractivity contribution in [1.29, 1.82) is 0 Å². The molecule has 2 heterocycles. The van der Waals surface area contributed by atoms with Gasteiger partial charge >= 0.3 is 0 Å². The van der Waals surface area contributed by atoms with Gasteiger partial charge in [-0.3, -0.25) is 0 Å². The van der Waals surface area contributed by atoms with Gasteiger partial charge in [0.2, 0.25) is 0 Å². The van der Waals surface area contributed by atoms with E-state index < -0.39 is 0 Å². The fourth-order valence-corrected chi connectivity index (χ4v) is 8.47. The van der Waals surface area contributed by atoms with E-state index in [0.717, 1.165) is 5.69 Å². The average molecular weight is 635 g/mol. The molecule has 0 unspecified atom stereocenters. The summed E-state index contributed by atoms with van der Waals surface area (Å²) >= 11 is 0. The van der Waals surface area contributed by atoms with Crippen molar-refractivity contribution < 1.29 is 0 Å². The summed E-state index contributed by atoms with van der Waals surface area (Å²) in [7, 11) is 0. The molecule has 9 aromatic carbocycles. The Bertz CT molecular complexity index is 3050. The first-order valence-corrected chi connectivity index (χ1v) is 17.3. The van der Waals surface area contributed by atoms with Crippen LogP contribution in [0.4, 0.5) is 0 Å². The zero-order valence-corrected chi connectivity index (χ0v) is 27.2. The van der Waals surface area contributed by atoms with Gasteiger partial charge in [0, 0.05) is 32.9 Å². The van der Waals surface area contributed by atoms with Gasteiger partial charge in [0.25, 0.3) is 0 Å². The Kier molecular flexibility index (Phi) is 5.70. The summed E-state index contributed by atoms with van der Waals surface area (Å²) in [6.07, 6.45) is 0. The predicted molar refractivity (Wildman–Crippen MR) is 213 cm³/mol. The molecule has 0 aliphatic carbocycles. The molecule has 232 valence electrons. The second-order valence-corrected chi connectivity index (χ2v) is 13.3. The summed E-state index contributed by atoms with van der Waals surface area (Å²) in [6, 6.07) is 66.8. The summed E-state index contributed by atoms with van der Waals surface area (Å²) in [5.74, 6) is 0. The number of benzene rings is 9. The van der Waals surface area contributed by atoms with Gasteiger partial charge in [0.05, 0.1) is 22.1 Å². The van der Waals surface area contributed by atoms with Crippen LogP contribution in [-0.4, -0.2) is 9.13 Å². The van der Waals surface area contributed by atoms with E-state index in [4.69, 9.17) is 0 Å². The van der Waals surface area contributed by atoms with E-state index in [-0.39, 0.29) is 0 Å². The SMILES string of the molecule is c1ccc2c(c1)c1ccccc1c1cc(-n3c4ccccc4c4ccc(-c5ccc(-n6c7ccccc7c7ccccc76)cc5)cc43)ccc21. The van der Waals surface area contributed by atoms with E-state index >= 15 is 0 Å². The summed E-state index contributed by atoms with van der Waals surface area (Å²) < 4.78 is 4.83. The van der Waals surface area contributed by atoms with Crippen LogP contribution in [0.15, 0.2) is 182 Å². The third-order valence-corrected chi connectivity index (χ3v) is 10.7. The lowest BCUT2D eigenvalue weighted by atomic mass is 9.94.